The van der Waals surface area contributed by atoms with Gasteiger partial charge in [0.25, 0.3) is 0 Å². The van der Waals surface area contributed by atoms with E-state index in [0.29, 0.717) is 23.5 Å². The molecule has 0 unspecified atom stereocenters. The van der Waals surface area contributed by atoms with Crippen LogP contribution in [0.1, 0.15) is 11.1 Å². The average molecular weight is 306 g/mol. The van der Waals surface area contributed by atoms with Crippen molar-refractivity contribution in [3.63, 3.8) is 0 Å². The van der Waals surface area contributed by atoms with Gasteiger partial charge in [-0.3, -0.25) is 0 Å². The van der Waals surface area contributed by atoms with E-state index in [-0.39, 0.29) is 0 Å². The standard InChI is InChI=1S/C19H14O4/c1-12-2-4-13(5-3-12)11-22-19-17-15(8-9-21-17)10-14-6-7-16(20)23-18(14)19/h2-10H,11H2,1H3. The molecule has 0 aliphatic rings. The fourth-order valence-electron chi connectivity index (χ4n) is 2.58. The van der Waals surface area contributed by atoms with Crippen LogP contribution in [0.25, 0.3) is 21.9 Å². The monoisotopic (exact) mass is 306 g/mol. The second-order valence-electron chi connectivity index (χ2n) is 5.49. The Morgan fingerprint density at radius 2 is 1.74 bits per heavy atom. The zero-order chi connectivity index (χ0) is 15.8. The molecule has 114 valence electrons. The molecule has 0 fully saturated rings. The van der Waals surface area contributed by atoms with Crippen molar-refractivity contribution in [2.75, 3.05) is 0 Å². The molecule has 4 aromatic rings. The Bertz CT molecular complexity index is 1040. The van der Waals surface area contributed by atoms with Crippen molar-refractivity contribution in [1.29, 1.82) is 0 Å². The highest BCUT2D eigenvalue weighted by Gasteiger charge is 2.14. The molecule has 2 aromatic heterocycles. The van der Waals surface area contributed by atoms with E-state index >= 15 is 0 Å². The molecule has 23 heavy (non-hydrogen) atoms. The highest BCUT2D eigenvalue weighted by Crippen LogP contribution is 2.35. The van der Waals surface area contributed by atoms with Crippen LogP contribution in [-0.4, -0.2) is 0 Å². The molecular weight excluding hydrogens is 292 g/mol. The second kappa shape index (κ2) is 5.32. The average Bonchev–Trinajstić information content (AvgIpc) is 3.01. The van der Waals surface area contributed by atoms with Gasteiger partial charge >= 0.3 is 5.63 Å². The first-order valence-electron chi connectivity index (χ1n) is 7.33. The lowest BCUT2D eigenvalue weighted by atomic mass is 10.1. The third-order valence-electron chi connectivity index (χ3n) is 3.79. The Balaban J connectivity index is 1.82. The van der Waals surface area contributed by atoms with Gasteiger partial charge in [0.1, 0.15) is 6.61 Å². The number of fused-ring (bicyclic) bond motifs is 2. The van der Waals surface area contributed by atoms with E-state index in [9.17, 15) is 4.79 Å². The van der Waals surface area contributed by atoms with Crippen molar-refractivity contribution in [3.8, 4) is 5.75 Å². The lowest BCUT2D eigenvalue weighted by Gasteiger charge is -2.09. The van der Waals surface area contributed by atoms with E-state index in [1.165, 1.54) is 11.6 Å². The van der Waals surface area contributed by atoms with Gasteiger partial charge in [0.2, 0.25) is 5.75 Å². The molecule has 0 bridgehead atoms. The van der Waals surface area contributed by atoms with Crippen LogP contribution in [0.4, 0.5) is 0 Å². The first-order chi connectivity index (χ1) is 11.2. The fourth-order valence-corrected chi connectivity index (χ4v) is 2.58. The molecule has 0 spiro atoms. The van der Waals surface area contributed by atoms with Gasteiger partial charge in [-0.2, -0.15) is 0 Å². The molecule has 0 radical (unpaired) electrons. The fraction of sp³-hybridized carbons (Fsp3) is 0.105. The first kappa shape index (κ1) is 13.6. The summed E-state index contributed by atoms with van der Waals surface area (Å²) in [5.41, 5.74) is 2.80. The molecule has 2 heterocycles. The normalized spacial score (nSPS) is 11.2. The quantitative estimate of drug-likeness (QED) is 0.525. The topological polar surface area (TPSA) is 52.6 Å². The van der Waals surface area contributed by atoms with Crippen molar-refractivity contribution in [1.82, 2.24) is 0 Å². The van der Waals surface area contributed by atoms with Crippen LogP contribution < -0.4 is 10.4 Å². The maximum atomic E-state index is 11.6. The number of furan rings is 1. The number of benzene rings is 2. The van der Waals surface area contributed by atoms with Gasteiger partial charge in [-0.1, -0.05) is 29.8 Å². The van der Waals surface area contributed by atoms with Gasteiger partial charge < -0.3 is 13.6 Å². The van der Waals surface area contributed by atoms with Crippen molar-refractivity contribution in [2.45, 2.75) is 13.5 Å². The molecule has 4 rings (SSSR count). The number of ether oxygens (including phenoxy) is 1. The predicted molar refractivity (Wildman–Crippen MR) is 87.8 cm³/mol. The second-order valence-corrected chi connectivity index (χ2v) is 5.49. The summed E-state index contributed by atoms with van der Waals surface area (Å²) in [5.74, 6) is 0.459. The van der Waals surface area contributed by atoms with Gasteiger partial charge in [0, 0.05) is 16.8 Å². The summed E-state index contributed by atoms with van der Waals surface area (Å²) in [4.78, 5) is 11.6. The Labute approximate surface area is 131 Å². The maximum absolute atomic E-state index is 11.6. The van der Waals surface area contributed by atoms with E-state index < -0.39 is 5.63 Å². The molecule has 2 aromatic carbocycles. The van der Waals surface area contributed by atoms with E-state index in [4.69, 9.17) is 13.6 Å². The number of hydrogen-bond acceptors (Lipinski definition) is 4. The Hall–Kier alpha value is -3.01. The Kier molecular flexibility index (Phi) is 3.15. The highest BCUT2D eigenvalue weighted by atomic mass is 16.5. The van der Waals surface area contributed by atoms with E-state index in [1.54, 1.807) is 12.3 Å². The highest BCUT2D eigenvalue weighted by molar-refractivity contribution is 5.99. The predicted octanol–water partition coefficient (Wildman–Crippen LogP) is 4.43. The molecular formula is C19H14O4. The van der Waals surface area contributed by atoms with Gasteiger partial charge in [-0.15, -0.1) is 0 Å². The zero-order valence-corrected chi connectivity index (χ0v) is 12.5. The molecule has 0 atom stereocenters. The smallest absolute Gasteiger partial charge is 0.336 e. The van der Waals surface area contributed by atoms with E-state index in [2.05, 4.69) is 0 Å². The van der Waals surface area contributed by atoms with Crippen molar-refractivity contribution >= 4 is 21.9 Å². The number of hydrogen-bond donors (Lipinski definition) is 0. The van der Waals surface area contributed by atoms with Gasteiger partial charge in [-0.05, 0) is 30.7 Å². The molecule has 0 aliphatic heterocycles. The first-order valence-corrected chi connectivity index (χ1v) is 7.33. The largest absolute Gasteiger partial charge is 0.481 e. The van der Waals surface area contributed by atoms with Crippen LogP contribution in [0, 0.1) is 6.92 Å². The van der Waals surface area contributed by atoms with E-state index in [1.807, 2.05) is 43.3 Å². The summed E-state index contributed by atoms with van der Waals surface area (Å²) in [5, 5.41) is 1.71. The summed E-state index contributed by atoms with van der Waals surface area (Å²) < 4.78 is 16.8. The number of rotatable bonds is 3. The van der Waals surface area contributed by atoms with Gasteiger partial charge in [0.15, 0.2) is 11.2 Å². The summed E-state index contributed by atoms with van der Waals surface area (Å²) in [7, 11) is 0. The van der Waals surface area contributed by atoms with Crippen molar-refractivity contribution < 1.29 is 13.6 Å². The molecule has 0 aliphatic carbocycles. The van der Waals surface area contributed by atoms with Crippen LogP contribution in [0.5, 0.6) is 5.75 Å². The summed E-state index contributed by atoms with van der Waals surface area (Å²) >= 11 is 0. The molecule has 4 heteroatoms. The summed E-state index contributed by atoms with van der Waals surface area (Å²) in [6.07, 6.45) is 1.60. The van der Waals surface area contributed by atoms with Crippen molar-refractivity contribution in [3.05, 3.63) is 76.3 Å². The minimum absolute atomic E-state index is 0.369. The molecule has 0 N–H and O–H groups in total. The lowest BCUT2D eigenvalue weighted by molar-refractivity contribution is 0.303. The van der Waals surface area contributed by atoms with Gasteiger partial charge in [-0.25, -0.2) is 4.79 Å². The van der Waals surface area contributed by atoms with Crippen LogP contribution in [0.3, 0.4) is 0 Å². The van der Waals surface area contributed by atoms with Crippen LogP contribution in [0.2, 0.25) is 0 Å². The Morgan fingerprint density at radius 3 is 2.57 bits per heavy atom. The Morgan fingerprint density at radius 1 is 0.957 bits per heavy atom. The van der Waals surface area contributed by atoms with Gasteiger partial charge in [0.05, 0.1) is 6.26 Å². The van der Waals surface area contributed by atoms with Crippen molar-refractivity contribution in [2.24, 2.45) is 0 Å². The third kappa shape index (κ3) is 2.48. The molecule has 0 amide bonds. The third-order valence-corrected chi connectivity index (χ3v) is 3.79. The minimum atomic E-state index is -0.413. The maximum Gasteiger partial charge on any atom is 0.336 e. The summed E-state index contributed by atoms with van der Waals surface area (Å²) in [6, 6.07) is 15.0. The SMILES string of the molecule is Cc1ccc(COc2c3occc3cc3ccc(=O)oc23)cc1. The lowest BCUT2D eigenvalue weighted by Crippen LogP contribution is -1.99. The van der Waals surface area contributed by atoms with Crippen LogP contribution >= 0.6 is 0 Å². The molecule has 4 nitrogen and oxygen atoms in total. The van der Waals surface area contributed by atoms with E-state index in [0.717, 1.165) is 16.3 Å². The van der Waals surface area contributed by atoms with Crippen LogP contribution in [0.15, 0.2) is 68.4 Å². The minimum Gasteiger partial charge on any atom is -0.481 e. The molecule has 0 saturated carbocycles. The van der Waals surface area contributed by atoms with Crippen LogP contribution in [-0.2, 0) is 6.61 Å². The zero-order valence-electron chi connectivity index (χ0n) is 12.5. The molecule has 0 saturated heterocycles. The number of aryl methyl sites for hydroxylation is 1. The summed E-state index contributed by atoms with van der Waals surface area (Å²) in [6.45, 7) is 2.41.